The predicted octanol–water partition coefficient (Wildman–Crippen LogP) is 4.70. The molecule has 4 aromatic rings. The number of halogens is 1. The maximum Gasteiger partial charge on any atom is 0.348 e. The van der Waals surface area contributed by atoms with Crippen molar-refractivity contribution in [2.45, 2.75) is 20.4 Å². The van der Waals surface area contributed by atoms with Crippen LogP contribution in [0.25, 0.3) is 10.2 Å². The third kappa shape index (κ3) is 4.64. The summed E-state index contributed by atoms with van der Waals surface area (Å²) >= 11 is 1.28. The fourth-order valence-corrected chi connectivity index (χ4v) is 4.25. The number of benzene rings is 2. The Morgan fingerprint density at radius 1 is 1.13 bits per heavy atom. The largest absolute Gasteiger partial charge is 0.451 e. The summed E-state index contributed by atoms with van der Waals surface area (Å²) in [6, 6.07) is 15.8. The van der Waals surface area contributed by atoms with Crippen LogP contribution in [-0.2, 0) is 16.1 Å². The van der Waals surface area contributed by atoms with Gasteiger partial charge in [-0.3, -0.25) is 9.48 Å². The lowest BCUT2D eigenvalue weighted by Crippen LogP contribution is -2.21. The Kier molecular flexibility index (Phi) is 5.81. The molecule has 158 valence electrons. The van der Waals surface area contributed by atoms with E-state index in [2.05, 4.69) is 10.4 Å². The van der Waals surface area contributed by atoms with E-state index in [0.717, 1.165) is 21.5 Å². The van der Waals surface area contributed by atoms with Crippen LogP contribution >= 0.6 is 11.3 Å². The molecular weight excluding hydrogens is 417 g/mol. The summed E-state index contributed by atoms with van der Waals surface area (Å²) in [5, 5.41) is 8.00. The number of carbonyl (C=O) groups excluding carboxylic acids is 2. The maximum absolute atomic E-state index is 13.4. The van der Waals surface area contributed by atoms with Crippen LogP contribution in [0.5, 0.6) is 0 Å². The van der Waals surface area contributed by atoms with Crippen molar-refractivity contribution < 1.29 is 18.7 Å². The number of aromatic nitrogens is 2. The number of thiophene rings is 1. The van der Waals surface area contributed by atoms with Crippen molar-refractivity contribution >= 4 is 39.1 Å². The summed E-state index contributed by atoms with van der Waals surface area (Å²) in [4.78, 5) is 25.9. The van der Waals surface area contributed by atoms with Gasteiger partial charge in [0.2, 0.25) is 0 Å². The molecule has 1 amide bonds. The molecule has 0 aliphatic carbocycles. The lowest BCUT2D eigenvalue weighted by atomic mass is 10.2. The van der Waals surface area contributed by atoms with Gasteiger partial charge >= 0.3 is 5.97 Å². The van der Waals surface area contributed by atoms with E-state index in [1.165, 1.54) is 23.5 Å². The molecule has 0 atom stereocenters. The summed E-state index contributed by atoms with van der Waals surface area (Å²) in [6.45, 7) is 3.77. The molecular formula is C23H20FN3O3S. The third-order valence-corrected chi connectivity index (χ3v) is 5.92. The van der Waals surface area contributed by atoms with E-state index in [1.54, 1.807) is 19.1 Å². The number of nitrogens with zero attached hydrogens (tertiary/aromatic N) is 2. The number of hydrogen-bond donors (Lipinski definition) is 1. The molecule has 0 aliphatic heterocycles. The van der Waals surface area contributed by atoms with Crippen molar-refractivity contribution in [1.82, 2.24) is 9.78 Å². The Labute approximate surface area is 182 Å². The van der Waals surface area contributed by atoms with Crippen molar-refractivity contribution in [3.8, 4) is 0 Å². The number of rotatable bonds is 6. The molecule has 0 saturated carbocycles. The molecule has 0 radical (unpaired) electrons. The smallest absolute Gasteiger partial charge is 0.348 e. The second kappa shape index (κ2) is 8.69. The summed E-state index contributed by atoms with van der Waals surface area (Å²) in [5.41, 5.74) is 2.98. The maximum atomic E-state index is 13.4. The summed E-state index contributed by atoms with van der Waals surface area (Å²) in [7, 11) is 0. The fraction of sp³-hybridized carbons (Fsp3) is 0.174. The Hall–Kier alpha value is -3.52. The molecule has 31 heavy (non-hydrogen) atoms. The fourth-order valence-electron chi connectivity index (χ4n) is 3.19. The second-order valence-electron chi connectivity index (χ2n) is 7.14. The molecule has 0 spiro atoms. The summed E-state index contributed by atoms with van der Waals surface area (Å²) < 4.78 is 20.4. The molecule has 4 rings (SSSR count). The van der Waals surface area contributed by atoms with E-state index >= 15 is 0 Å². The number of hydrogen-bond acceptors (Lipinski definition) is 5. The number of esters is 1. The highest BCUT2D eigenvalue weighted by molar-refractivity contribution is 7.20. The van der Waals surface area contributed by atoms with Crippen molar-refractivity contribution in [2.24, 2.45) is 0 Å². The van der Waals surface area contributed by atoms with Gasteiger partial charge in [0.05, 0.1) is 12.2 Å². The quantitative estimate of drug-likeness (QED) is 0.444. The molecule has 2 heterocycles. The Bertz CT molecular complexity index is 1260. The molecule has 2 aromatic carbocycles. The highest BCUT2D eigenvalue weighted by atomic mass is 32.1. The van der Waals surface area contributed by atoms with Crippen LogP contribution < -0.4 is 5.32 Å². The second-order valence-corrected chi connectivity index (χ2v) is 8.17. The molecule has 1 N–H and O–H groups in total. The summed E-state index contributed by atoms with van der Waals surface area (Å²) in [6.07, 6.45) is 0. The molecule has 0 unspecified atom stereocenters. The van der Waals surface area contributed by atoms with E-state index in [0.29, 0.717) is 22.7 Å². The lowest BCUT2D eigenvalue weighted by molar-refractivity contribution is -0.119. The first-order valence-corrected chi connectivity index (χ1v) is 10.5. The Balaban J connectivity index is 1.44. The van der Waals surface area contributed by atoms with Crippen LogP contribution in [0.4, 0.5) is 10.1 Å². The van der Waals surface area contributed by atoms with Gasteiger partial charge in [-0.25, -0.2) is 9.18 Å². The standard InChI is InChI=1S/C23H20FN3O3S/c1-14-8-9-17(24)10-19(14)25-21(28)13-30-23(29)20-11-18-15(2)26-27(22(18)31-20)12-16-6-4-3-5-7-16/h3-11H,12-13H2,1-2H3,(H,25,28). The van der Waals surface area contributed by atoms with Gasteiger partial charge in [-0.2, -0.15) is 5.10 Å². The van der Waals surface area contributed by atoms with E-state index in [1.807, 2.05) is 41.9 Å². The van der Waals surface area contributed by atoms with E-state index in [4.69, 9.17) is 4.74 Å². The van der Waals surface area contributed by atoms with Crippen LogP contribution in [0.3, 0.4) is 0 Å². The molecule has 0 saturated heterocycles. The first kappa shape index (κ1) is 20.7. The van der Waals surface area contributed by atoms with Crippen LogP contribution in [0.1, 0.15) is 26.5 Å². The van der Waals surface area contributed by atoms with Crippen LogP contribution in [-0.4, -0.2) is 28.3 Å². The number of anilines is 1. The zero-order valence-electron chi connectivity index (χ0n) is 17.0. The topological polar surface area (TPSA) is 73.2 Å². The molecule has 8 heteroatoms. The van der Waals surface area contributed by atoms with Gasteiger partial charge in [0.25, 0.3) is 5.91 Å². The number of amides is 1. The van der Waals surface area contributed by atoms with Gasteiger partial charge in [-0.05, 0) is 43.2 Å². The van der Waals surface area contributed by atoms with Gasteiger partial charge < -0.3 is 10.1 Å². The molecule has 0 bridgehead atoms. The van der Waals surface area contributed by atoms with Gasteiger partial charge in [-0.15, -0.1) is 11.3 Å². The SMILES string of the molecule is Cc1ccc(F)cc1NC(=O)COC(=O)c1cc2c(C)nn(Cc3ccccc3)c2s1. The van der Waals surface area contributed by atoms with Crippen molar-refractivity contribution in [1.29, 1.82) is 0 Å². The number of nitrogens with one attached hydrogen (secondary N) is 1. The minimum absolute atomic E-state index is 0.347. The monoisotopic (exact) mass is 437 g/mol. The van der Waals surface area contributed by atoms with Crippen LogP contribution in [0.15, 0.2) is 54.6 Å². The van der Waals surface area contributed by atoms with Gasteiger partial charge in [0.15, 0.2) is 6.61 Å². The minimum Gasteiger partial charge on any atom is -0.451 e. The number of aryl methyl sites for hydroxylation is 2. The highest BCUT2D eigenvalue weighted by Crippen LogP contribution is 2.29. The summed E-state index contributed by atoms with van der Waals surface area (Å²) in [5.74, 6) is -1.57. The third-order valence-electron chi connectivity index (χ3n) is 4.79. The lowest BCUT2D eigenvalue weighted by Gasteiger charge is -2.08. The Morgan fingerprint density at radius 2 is 1.90 bits per heavy atom. The normalized spacial score (nSPS) is 10.9. The molecule has 0 aliphatic rings. The van der Waals surface area contributed by atoms with Crippen molar-refractivity contribution in [3.63, 3.8) is 0 Å². The van der Waals surface area contributed by atoms with Crippen molar-refractivity contribution in [2.75, 3.05) is 11.9 Å². The molecule has 0 fully saturated rings. The van der Waals surface area contributed by atoms with Gasteiger partial charge in [-0.1, -0.05) is 36.4 Å². The number of fused-ring (bicyclic) bond motifs is 1. The van der Waals surface area contributed by atoms with Gasteiger partial charge in [0.1, 0.15) is 15.5 Å². The average molecular weight is 437 g/mol. The Morgan fingerprint density at radius 3 is 2.68 bits per heavy atom. The highest BCUT2D eigenvalue weighted by Gasteiger charge is 2.18. The number of carbonyl (C=O) groups is 2. The molecule has 2 aromatic heterocycles. The van der Waals surface area contributed by atoms with Crippen molar-refractivity contribution in [3.05, 3.63) is 82.1 Å². The minimum atomic E-state index is -0.585. The van der Waals surface area contributed by atoms with Crippen LogP contribution in [0, 0.1) is 19.7 Å². The zero-order chi connectivity index (χ0) is 22.0. The van der Waals surface area contributed by atoms with Crippen LogP contribution in [0.2, 0.25) is 0 Å². The first-order valence-electron chi connectivity index (χ1n) is 9.64. The predicted molar refractivity (Wildman–Crippen MR) is 118 cm³/mol. The zero-order valence-corrected chi connectivity index (χ0v) is 17.8. The van der Waals surface area contributed by atoms with E-state index in [9.17, 15) is 14.0 Å². The molecule has 6 nitrogen and oxygen atoms in total. The van der Waals surface area contributed by atoms with E-state index in [-0.39, 0.29) is 0 Å². The first-order chi connectivity index (χ1) is 14.9. The average Bonchev–Trinajstić information content (AvgIpc) is 3.31. The van der Waals surface area contributed by atoms with Gasteiger partial charge in [0, 0.05) is 11.1 Å². The number of ether oxygens (including phenoxy) is 1. The van der Waals surface area contributed by atoms with E-state index < -0.39 is 24.3 Å².